The lowest BCUT2D eigenvalue weighted by Gasteiger charge is -2.04. The molecule has 5 N–H and O–H groups in total. The number of hydrogen-bond donors (Lipinski definition) is 4. The van der Waals surface area contributed by atoms with Crippen LogP contribution >= 0.6 is 0 Å². The molecule has 0 unspecified atom stereocenters. The Bertz CT molecular complexity index is 679. The first-order chi connectivity index (χ1) is 10.5. The number of nitrogen functional groups attached to an aromatic ring is 1. The molecule has 114 valence electrons. The first-order valence-electron chi connectivity index (χ1n) is 6.87. The standard InChI is InChI=1S/C17H18N2O3/c18-14-5-1-12(2-6-14)4-8-17(22)19-10-9-13-3-7-15(20)16(21)11-13/h1-8,11,20-21H,9-10,18H2,(H,19,22). The van der Waals surface area contributed by atoms with E-state index in [1.165, 1.54) is 18.2 Å². The molecule has 0 saturated heterocycles. The Morgan fingerprint density at radius 1 is 1.09 bits per heavy atom. The Balaban J connectivity index is 1.80. The van der Waals surface area contributed by atoms with Gasteiger partial charge in [0.25, 0.3) is 0 Å². The van der Waals surface area contributed by atoms with Crippen molar-refractivity contribution in [2.24, 2.45) is 0 Å². The molecule has 1 amide bonds. The van der Waals surface area contributed by atoms with Crippen LogP contribution in [0.25, 0.3) is 6.08 Å². The van der Waals surface area contributed by atoms with Gasteiger partial charge in [0.2, 0.25) is 5.91 Å². The number of phenolic OH excluding ortho intramolecular Hbond substituents is 2. The van der Waals surface area contributed by atoms with Crippen LogP contribution in [0.15, 0.2) is 48.5 Å². The first-order valence-corrected chi connectivity index (χ1v) is 6.87. The number of nitrogens with one attached hydrogen (secondary N) is 1. The number of carbonyl (C=O) groups excluding carboxylic acids is 1. The number of nitrogens with two attached hydrogens (primary N) is 1. The second-order valence-electron chi connectivity index (χ2n) is 4.86. The quantitative estimate of drug-likeness (QED) is 0.386. The molecular formula is C17H18N2O3. The number of benzene rings is 2. The molecule has 0 saturated carbocycles. The van der Waals surface area contributed by atoms with Gasteiger partial charge in [-0.25, -0.2) is 0 Å². The van der Waals surface area contributed by atoms with E-state index in [0.29, 0.717) is 18.7 Å². The Kier molecular flexibility index (Phi) is 5.03. The maximum Gasteiger partial charge on any atom is 0.244 e. The second kappa shape index (κ2) is 7.17. The van der Waals surface area contributed by atoms with Crippen LogP contribution in [0.2, 0.25) is 0 Å². The van der Waals surface area contributed by atoms with Crippen molar-refractivity contribution in [3.63, 3.8) is 0 Å². The van der Waals surface area contributed by atoms with Crippen LogP contribution < -0.4 is 11.1 Å². The molecule has 5 nitrogen and oxygen atoms in total. The van der Waals surface area contributed by atoms with Crippen LogP contribution in [-0.4, -0.2) is 22.7 Å². The molecule has 0 fully saturated rings. The van der Waals surface area contributed by atoms with Gasteiger partial charge in [-0.3, -0.25) is 4.79 Å². The van der Waals surface area contributed by atoms with E-state index in [1.54, 1.807) is 24.3 Å². The molecule has 0 bridgehead atoms. The van der Waals surface area contributed by atoms with Crippen LogP contribution in [0, 0.1) is 0 Å². The number of amides is 1. The molecule has 0 aliphatic heterocycles. The predicted octanol–water partition coefficient (Wildman–Crippen LogP) is 2.05. The van der Waals surface area contributed by atoms with E-state index in [0.717, 1.165) is 11.1 Å². The van der Waals surface area contributed by atoms with Gasteiger partial charge in [-0.2, -0.15) is 0 Å². The highest BCUT2D eigenvalue weighted by atomic mass is 16.3. The van der Waals surface area contributed by atoms with Crippen molar-refractivity contribution in [2.45, 2.75) is 6.42 Å². The second-order valence-corrected chi connectivity index (χ2v) is 4.86. The molecule has 0 spiro atoms. The van der Waals surface area contributed by atoms with Gasteiger partial charge in [-0.1, -0.05) is 18.2 Å². The summed E-state index contributed by atoms with van der Waals surface area (Å²) >= 11 is 0. The van der Waals surface area contributed by atoms with Crippen LogP contribution in [-0.2, 0) is 11.2 Å². The monoisotopic (exact) mass is 298 g/mol. The molecule has 0 heterocycles. The van der Waals surface area contributed by atoms with Crippen molar-refractivity contribution in [2.75, 3.05) is 12.3 Å². The average Bonchev–Trinajstić information content (AvgIpc) is 2.50. The zero-order chi connectivity index (χ0) is 15.9. The number of hydrogen-bond acceptors (Lipinski definition) is 4. The highest BCUT2D eigenvalue weighted by molar-refractivity contribution is 5.91. The molecule has 0 aliphatic carbocycles. The largest absolute Gasteiger partial charge is 0.504 e. The van der Waals surface area contributed by atoms with E-state index in [2.05, 4.69) is 5.32 Å². The zero-order valence-corrected chi connectivity index (χ0v) is 12.0. The third-order valence-electron chi connectivity index (χ3n) is 3.12. The molecule has 0 aliphatic rings. The Labute approximate surface area is 128 Å². The summed E-state index contributed by atoms with van der Waals surface area (Å²) in [5.74, 6) is -0.508. The molecule has 5 heteroatoms. The van der Waals surface area contributed by atoms with E-state index in [1.807, 2.05) is 12.1 Å². The summed E-state index contributed by atoms with van der Waals surface area (Å²) in [7, 11) is 0. The smallest absolute Gasteiger partial charge is 0.244 e. The summed E-state index contributed by atoms with van der Waals surface area (Å²) in [5, 5.41) is 21.3. The van der Waals surface area contributed by atoms with Crippen LogP contribution in [0.5, 0.6) is 11.5 Å². The Morgan fingerprint density at radius 2 is 1.82 bits per heavy atom. The van der Waals surface area contributed by atoms with Crippen LogP contribution in [0.3, 0.4) is 0 Å². The van der Waals surface area contributed by atoms with Crippen molar-refractivity contribution < 1.29 is 15.0 Å². The third kappa shape index (κ3) is 4.56. The van der Waals surface area contributed by atoms with Crippen molar-refractivity contribution >= 4 is 17.7 Å². The van der Waals surface area contributed by atoms with E-state index < -0.39 is 0 Å². The lowest BCUT2D eigenvalue weighted by atomic mass is 10.1. The SMILES string of the molecule is Nc1ccc(C=CC(=O)NCCc2ccc(O)c(O)c2)cc1. The number of anilines is 1. The van der Waals surface area contributed by atoms with Gasteiger partial charge in [0.15, 0.2) is 11.5 Å². The fourth-order valence-electron chi connectivity index (χ4n) is 1.89. The maximum atomic E-state index is 11.7. The van der Waals surface area contributed by atoms with Gasteiger partial charge < -0.3 is 21.3 Å². The average molecular weight is 298 g/mol. The summed E-state index contributed by atoms with van der Waals surface area (Å²) in [6, 6.07) is 11.8. The predicted molar refractivity (Wildman–Crippen MR) is 86.4 cm³/mol. The van der Waals surface area contributed by atoms with Crippen molar-refractivity contribution in [1.82, 2.24) is 5.32 Å². The summed E-state index contributed by atoms with van der Waals surface area (Å²) < 4.78 is 0. The van der Waals surface area contributed by atoms with Gasteiger partial charge in [-0.15, -0.1) is 0 Å². The minimum atomic E-state index is -0.195. The highest BCUT2D eigenvalue weighted by Crippen LogP contribution is 2.24. The van der Waals surface area contributed by atoms with Crippen molar-refractivity contribution in [3.05, 3.63) is 59.7 Å². The molecule has 0 aromatic heterocycles. The lowest BCUT2D eigenvalue weighted by molar-refractivity contribution is -0.116. The highest BCUT2D eigenvalue weighted by Gasteiger charge is 2.01. The summed E-state index contributed by atoms with van der Waals surface area (Å²) in [6.45, 7) is 0.440. The van der Waals surface area contributed by atoms with E-state index in [-0.39, 0.29) is 17.4 Å². The van der Waals surface area contributed by atoms with Crippen LogP contribution in [0.4, 0.5) is 5.69 Å². The number of carbonyl (C=O) groups is 1. The van der Waals surface area contributed by atoms with Gasteiger partial charge in [0.05, 0.1) is 0 Å². The molecular weight excluding hydrogens is 280 g/mol. The molecule has 2 aromatic rings. The van der Waals surface area contributed by atoms with E-state index in [9.17, 15) is 15.0 Å². The van der Waals surface area contributed by atoms with Gasteiger partial charge >= 0.3 is 0 Å². The number of rotatable bonds is 5. The fourth-order valence-corrected chi connectivity index (χ4v) is 1.89. The lowest BCUT2D eigenvalue weighted by Crippen LogP contribution is -2.23. The minimum absolute atomic E-state index is 0.154. The normalized spacial score (nSPS) is 10.7. The van der Waals surface area contributed by atoms with E-state index in [4.69, 9.17) is 5.73 Å². The summed E-state index contributed by atoms with van der Waals surface area (Å²) in [6.07, 6.45) is 3.73. The van der Waals surface area contributed by atoms with Gasteiger partial charge in [-0.05, 0) is 47.9 Å². The summed E-state index contributed by atoms with van der Waals surface area (Å²) in [4.78, 5) is 11.7. The molecule has 2 aromatic carbocycles. The van der Waals surface area contributed by atoms with Crippen LogP contribution in [0.1, 0.15) is 11.1 Å². The molecule has 22 heavy (non-hydrogen) atoms. The summed E-state index contributed by atoms with van der Waals surface area (Å²) in [5.41, 5.74) is 7.99. The van der Waals surface area contributed by atoms with Crippen molar-refractivity contribution in [1.29, 1.82) is 0 Å². The Hall–Kier alpha value is -2.95. The maximum absolute atomic E-state index is 11.7. The van der Waals surface area contributed by atoms with E-state index >= 15 is 0 Å². The molecule has 0 radical (unpaired) electrons. The minimum Gasteiger partial charge on any atom is -0.504 e. The zero-order valence-electron chi connectivity index (χ0n) is 12.0. The third-order valence-corrected chi connectivity index (χ3v) is 3.12. The number of aromatic hydroxyl groups is 2. The molecule has 0 atom stereocenters. The molecule has 2 rings (SSSR count). The van der Waals surface area contributed by atoms with Gasteiger partial charge in [0.1, 0.15) is 0 Å². The number of phenols is 2. The van der Waals surface area contributed by atoms with Crippen molar-refractivity contribution in [3.8, 4) is 11.5 Å². The topological polar surface area (TPSA) is 95.6 Å². The Morgan fingerprint density at radius 3 is 2.50 bits per heavy atom. The first kappa shape index (κ1) is 15.4. The fraction of sp³-hybridized carbons (Fsp3) is 0.118. The van der Waals surface area contributed by atoms with Gasteiger partial charge in [0, 0.05) is 18.3 Å².